The monoisotopic (exact) mass is 319 g/mol. The summed E-state index contributed by atoms with van der Waals surface area (Å²) >= 11 is 0. The highest BCUT2D eigenvalue weighted by Gasteiger charge is 2.18. The first-order valence-electron chi connectivity index (χ1n) is 7.00. The predicted molar refractivity (Wildman–Crippen MR) is 88.3 cm³/mol. The Morgan fingerprint density at radius 1 is 0.955 bits per heavy atom. The van der Waals surface area contributed by atoms with Crippen LogP contribution in [0.2, 0.25) is 0 Å². The Kier molecular flexibility index (Phi) is 4.47. The van der Waals surface area contributed by atoms with E-state index in [4.69, 9.17) is 4.74 Å². The van der Waals surface area contributed by atoms with Crippen molar-refractivity contribution in [2.24, 2.45) is 0 Å². The highest BCUT2D eigenvalue weighted by atomic mass is 32.2. The van der Waals surface area contributed by atoms with Gasteiger partial charge in [0.1, 0.15) is 5.75 Å². The maximum atomic E-state index is 12.6. The van der Waals surface area contributed by atoms with Crippen LogP contribution >= 0.6 is 0 Å². The summed E-state index contributed by atoms with van der Waals surface area (Å²) in [7, 11) is -2.03. The fraction of sp³-hybridized carbons (Fsp3) is 0.294. The van der Waals surface area contributed by atoms with E-state index >= 15 is 0 Å². The Labute approximate surface area is 132 Å². The van der Waals surface area contributed by atoms with Crippen molar-refractivity contribution < 1.29 is 13.2 Å². The molecular weight excluding hydrogens is 298 g/mol. The molecule has 0 spiro atoms. The first-order chi connectivity index (χ1) is 10.2. The van der Waals surface area contributed by atoms with Gasteiger partial charge in [0.25, 0.3) is 0 Å². The molecule has 1 N–H and O–H groups in total. The van der Waals surface area contributed by atoms with Crippen molar-refractivity contribution in [3.05, 3.63) is 48.5 Å². The molecular formula is C17H21NO3S. The van der Waals surface area contributed by atoms with E-state index < -0.39 is 9.84 Å². The fourth-order valence-electron chi connectivity index (χ4n) is 2.05. The first kappa shape index (κ1) is 16.4. The van der Waals surface area contributed by atoms with Crippen LogP contribution in [0.5, 0.6) is 5.75 Å². The van der Waals surface area contributed by atoms with Gasteiger partial charge in [0, 0.05) is 11.2 Å². The summed E-state index contributed by atoms with van der Waals surface area (Å²) in [5.41, 5.74) is 0.810. The highest BCUT2D eigenvalue weighted by Crippen LogP contribution is 2.25. The molecule has 0 unspecified atom stereocenters. The number of anilines is 1. The average molecular weight is 319 g/mol. The van der Waals surface area contributed by atoms with Crippen molar-refractivity contribution >= 4 is 15.5 Å². The van der Waals surface area contributed by atoms with Crippen LogP contribution in [0.1, 0.15) is 20.8 Å². The zero-order valence-electron chi connectivity index (χ0n) is 13.3. The molecule has 0 aromatic heterocycles. The van der Waals surface area contributed by atoms with Gasteiger partial charge in [0.05, 0.1) is 16.9 Å². The average Bonchev–Trinajstić information content (AvgIpc) is 2.46. The van der Waals surface area contributed by atoms with E-state index in [1.807, 2.05) is 20.8 Å². The number of ether oxygens (including phenoxy) is 1. The zero-order chi connectivity index (χ0) is 16.4. The van der Waals surface area contributed by atoms with Crippen LogP contribution in [0, 0.1) is 0 Å². The zero-order valence-corrected chi connectivity index (χ0v) is 14.1. The van der Waals surface area contributed by atoms with Gasteiger partial charge >= 0.3 is 0 Å². The molecule has 0 bridgehead atoms. The Balaban J connectivity index is 2.33. The largest absolute Gasteiger partial charge is 0.497 e. The topological polar surface area (TPSA) is 55.4 Å². The number of methoxy groups -OCH3 is 1. The molecule has 118 valence electrons. The number of sulfone groups is 1. The number of rotatable bonds is 4. The molecule has 0 fully saturated rings. The van der Waals surface area contributed by atoms with E-state index in [0.717, 1.165) is 5.69 Å². The fourth-order valence-corrected chi connectivity index (χ4v) is 3.35. The van der Waals surface area contributed by atoms with Crippen LogP contribution in [-0.2, 0) is 9.84 Å². The second-order valence-corrected chi connectivity index (χ2v) is 8.03. The smallest absolute Gasteiger partial charge is 0.206 e. The van der Waals surface area contributed by atoms with E-state index in [2.05, 4.69) is 5.32 Å². The molecule has 0 saturated heterocycles. The normalized spacial score (nSPS) is 12.0. The summed E-state index contributed by atoms with van der Waals surface area (Å²) in [6.45, 7) is 6.15. The summed E-state index contributed by atoms with van der Waals surface area (Å²) in [6.07, 6.45) is 0. The second-order valence-electron chi connectivity index (χ2n) is 6.08. The molecule has 0 aliphatic carbocycles. The van der Waals surface area contributed by atoms with E-state index in [-0.39, 0.29) is 15.3 Å². The number of benzene rings is 2. The van der Waals surface area contributed by atoms with Crippen molar-refractivity contribution in [2.45, 2.75) is 36.1 Å². The Morgan fingerprint density at radius 3 is 2.14 bits per heavy atom. The standard InChI is InChI=1S/C17H21NO3S/c1-17(2,3)18-13-8-10-15(11-9-13)22(19,20)16-7-5-6-14(12-16)21-4/h5-12,18H,1-4H3. The lowest BCUT2D eigenvalue weighted by Gasteiger charge is -2.22. The Hall–Kier alpha value is -2.01. The molecule has 0 heterocycles. The highest BCUT2D eigenvalue weighted by molar-refractivity contribution is 7.91. The van der Waals surface area contributed by atoms with E-state index in [0.29, 0.717) is 5.75 Å². The number of nitrogens with one attached hydrogen (secondary N) is 1. The van der Waals surface area contributed by atoms with Gasteiger partial charge in [-0.25, -0.2) is 8.42 Å². The lowest BCUT2D eigenvalue weighted by molar-refractivity contribution is 0.413. The van der Waals surface area contributed by atoms with Crippen molar-refractivity contribution in [1.29, 1.82) is 0 Å². The third kappa shape index (κ3) is 3.80. The molecule has 2 aromatic rings. The predicted octanol–water partition coefficient (Wildman–Crippen LogP) is 3.74. The molecule has 4 nitrogen and oxygen atoms in total. The van der Waals surface area contributed by atoms with Gasteiger partial charge in [0.2, 0.25) is 9.84 Å². The summed E-state index contributed by atoms with van der Waals surface area (Å²) in [5, 5.41) is 3.30. The molecule has 0 aliphatic rings. The molecule has 22 heavy (non-hydrogen) atoms. The van der Waals surface area contributed by atoms with Gasteiger partial charge in [-0.3, -0.25) is 0 Å². The van der Waals surface area contributed by atoms with Gasteiger partial charge < -0.3 is 10.1 Å². The molecule has 0 atom stereocenters. The van der Waals surface area contributed by atoms with Gasteiger partial charge in [-0.05, 0) is 63.2 Å². The van der Waals surface area contributed by atoms with Gasteiger partial charge in [-0.1, -0.05) is 6.07 Å². The molecule has 0 saturated carbocycles. The first-order valence-corrected chi connectivity index (χ1v) is 8.48. The Bertz CT molecular complexity index is 744. The van der Waals surface area contributed by atoms with Crippen molar-refractivity contribution in [3.8, 4) is 5.75 Å². The lowest BCUT2D eigenvalue weighted by atomic mass is 10.1. The van der Waals surface area contributed by atoms with E-state index in [1.54, 1.807) is 42.5 Å². The summed E-state index contributed by atoms with van der Waals surface area (Å²) < 4.78 is 30.3. The lowest BCUT2D eigenvalue weighted by Crippen LogP contribution is -2.25. The van der Waals surface area contributed by atoms with E-state index in [1.165, 1.54) is 13.2 Å². The molecule has 0 radical (unpaired) electrons. The summed E-state index contributed by atoms with van der Waals surface area (Å²) in [6, 6.07) is 13.3. The van der Waals surface area contributed by atoms with Crippen LogP contribution in [0.4, 0.5) is 5.69 Å². The maximum absolute atomic E-state index is 12.6. The molecule has 0 aliphatic heterocycles. The Morgan fingerprint density at radius 2 is 1.59 bits per heavy atom. The van der Waals surface area contributed by atoms with Gasteiger partial charge in [-0.15, -0.1) is 0 Å². The molecule has 2 aromatic carbocycles. The SMILES string of the molecule is COc1cccc(S(=O)(=O)c2ccc(NC(C)(C)C)cc2)c1. The van der Waals surface area contributed by atoms with Crippen LogP contribution in [-0.4, -0.2) is 21.1 Å². The van der Waals surface area contributed by atoms with Crippen molar-refractivity contribution in [2.75, 3.05) is 12.4 Å². The number of hydrogen-bond donors (Lipinski definition) is 1. The minimum Gasteiger partial charge on any atom is -0.497 e. The van der Waals surface area contributed by atoms with Crippen LogP contribution in [0.25, 0.3) is 0 Å². The molecule has 5 heteroatoms. The van der Waals surface area contributed by atoms with Crippen LogP contribution in [0.15, 0.2) is 58.3 Å². The second kappa shape index (κ2) is 6.01. The van der Waals surface area contributed by atoms with Crippen LogP contribution < -0.4 is 10.1 Å². The minimum atomic E-state index is -3.54. The number of hydrogen-bond acceptors (Lipinski definition) is 4. The van der Waals surface area contributed by atoms with Gasteiger partial charge in [0.15, 0.2) is 0 Å². The van der Waals surface area contributed by atoms with Gasteiger partial charge in [-0.2, -0.15) is 0 Å². The molecule has 2 rings (SSSR count). The third-order valence-electron chi connectivity index (χ3n) is 3.04. The van der Waals surface area contributed by atoms with Crippen molar-refractivity contribution in [1.82, 2.24) is 0 Å². The molecule has 0 amide bonds. The quantitative estimate of drug-likeness (QED) is 0.933. The van der Waals surface area contributed by atoms with Crippen molar-refractivity contribution in [3.63, 3.8) is 0 Å². The van der Waals surface area contributed by atoms with E-state index in [9.17, 15) is 8.42 Å². The summed E-state index contributed by atoms with van der Waals surface area (Å²) in [4.78, 5) is 0.489. The minimum absolute atomic E-state index is 0.0762. The van der Waals surface area contributed by atoms with Crippen LogP contribution in [0.3, 0.4) is 0 Å². The third-order valence-corrected chi connectivity index (χ3v) is 4.80. The maximum Gasteiger partial charge on any atom is 0.206 e. The summed E-state index contributed by atoms with van der Waals surface area (Å²) in [5.74, 6) is 0.520.